The van der Waals surface area contributed by atoms with E-state index in [1.165, 1.54) is 6.07 Å². The summed E-state index contributed by atoms with van der Waals surface area (Å²) in [7, 11) is 0.423. The molecule has 1 aromatic rings. The van der Waals surface area contributed by atoms with Gasteiger partial charge in [0.1, 0.15) is 4.99 Å². The number of hydrogen-bond acceptors (Lipinski definition) is 4. The molecule has 0 atom stereocenters. The van der Waals surface area contributed by atoms with Crippen LogP contribution in [0.5, 0.6) is 0 Å². The van der Waals surface area contributed by atoms with Crippen LogP contribution < -0.4 is 10.5 Å². The molecule has 0 radical (unpaired) electrons. The second kappa shape index (κ2) is 6.00. The summed E-state index contributed by atoms with van der Waals surface area (Å²) in [5, 5.41) is 0. The molecule has 0 amide bonds. The van der Waals surface area contributed by atoms with Crippen molar-refractivity contribution >= 4 is 27.2 Å². The summed E-state index contributed by atoms with van der Waals surface area (Å²) >= 11 is 4.89. The standard InChI is InChI=1S/C14H21N3O2S2/c1-17(2)14(7-4-8-14)10-16-21(18,19)12-6-3-5-11(9-12)13(15)20/h3,5-6,9,16H,4,7-8,10H2,1-2H3,(H2,15,20). The third kappa shape index (κ3) is 3.42. The Morgan fingerprint density at radius 1 is 1.43 bits per heavy atom. The topological polar surface area (TPSA) is 75.4 Å². The Bertz CT molecular complexity index is 637. The van der Waals surface area contributed by atoms with E-state index in [4.69, 9.17) is 18.0 Å². The maximum Gasteiger partial charge on any atom is 0.240 e. The third-order valence-electron chi connectivity index (χ3n) is 4.25. The number of likely N-dealkylation sites (N-methyl/N-ethyl adjacent to an activating group) is 1. The summed E-state index contributed by atoms with van der Waals surface area (Å²) in [6.07, 6.45) is 3.15. The Labute approximate surface area is 131 Å². The summed E-state index contributed by atoms with van der Waals surface area (Å²) in [6, 6.07) is 6.41. The van der Waals surface area contributed by atoms with Gasteiger partial charge in [0.25, 0.3) is 0 Å². The SMILES string of the molecule is CN(C)C1(CNS(=O)(=O)c2cccc(C(N)=S)c2)CCC1. The fourth-order valence-corrected chi connectivity index (χ4v) is 3.79. The lowest BCUT2D eigenvalue weighted by Crippen LogP contribution is -2.57. The predicted octanol–water partition coefficient (Wildman–Crippen LogP) is 1.08. The van der Waals surface area contributed by atoms with Crippen LogP contribution in [0.2, 0.25) is 0 Å². The lowest BCUT2D eigenvalue weighted by Gasteiger charge is -2.47. The first-order chi connectivity index (χ1) is 9.77. The summed E-state index contributed by atoms with van der Waals surface area (Å²) in [5.74, 6) is 0. The van der Waals surface area contributed by atoms with E-state index in [-0.39, 0.29) is 15.4 Å². The number of hydrogen-bond donors (Lipinski definition) is 2. The molecule has 0 bridgehead atoms. The van der Waals surface area contributed by atoms with E-state index >= 15 is 0 Å². The van der Waals surface area contributed by atoms with Gasteiger partial charge in [0.05, 0.1) is 4.90 Å². The number of benzene rings is 1. The molecule has 1 aliphatic carbocycles. The van der Waals surface area contributed by atoms with E-state index in [1.54, 1.807) is 18.2 Å². The van der Waals surface area contributed by atoms with Gasteiger partial charge < -0.3 is 10.6 Å². The molecule has 1 fully saturated rings. The first kappa shape index (κ1) is 16.4. The Hall–Kier alpha value is -1.02. The number of nitrogens with zero attached hydrogens (tertiary/aromatic N) is 1. The quantitative estimate of drug-likeness (QED) is 0.765. The zero-order chi connectivity index (χ0) is 15.7. The van der Waals surface area contributed by atoms with E-state index in [0.717, 1.165) is 19.3 Å². The van der Waals surface area contributed by atoms with Gasteiger partial charge in [0, 0.05) is 17.6 Å². The Balaban J connectivity index is 2.15. The smallest absolute Gasteiger partial charge is 0.240 e. The minimum absolute atomic E-state index is 0.0617. The van der Waals surface area contributed by atoms with Gasteiger partial charge in [-0.3, -0.25) is 0 Å². The van der Waals surface area contributed by atoms with Crippen LogP contribution in [0, 0.1) is 0 Å². The molecule has 0 unspecified atom stereocenters. The van der Waals surface area contributed by atoms with Crippen molar-refractivity contribution in [3.05, 3.63) is 29.8 Å². The molecule has 0 heterocycles. The van der Waals surface area contributed by atoms with Gasteiger partial charge in [0.2, 0.25) is 10.0 Å². The summed E-state index contributed by atoms with van der Waals surface area (Å²) in [4.78, 5) is 2.49. The number of thiocarbonyl (C=S) groups is 1. The van der Waals surface area contributed by atoms with Crippen molar-refractivity contribution in [2.24, 2.45) is 5.73 Å². The van der Waals surface area contributed by atoms with Gasteiger partial charge in [-0.15, -0.1) is 0 Å². The molecule has 0 aliphatic heterocycles. The van der Waals surface area contributed by atoms with E-state index in [9.17, 15) is 8.42 Å². The van der Waals surface area contributed by atoms with Gasteiger partial charge in [0.15, 0.2) is 0 Å². The van der Waals surface area contributed by atoms with Crippen LogP contribution in [0.1, 0.15) is 24.8 Å². The second-order valence-corrected chi connectivity index (χ2v) is 7.90. The minimum Gasteiger partial charge on any atom is -0.389 e. The van der Waals surface area contributed by atoms with E-state index in [1.807, 2.05) is 14.1 Å². The highest BCUT2D eigenvalue weighted by molar-refractivity contribution is 7.89. The molecule has 21 heavy (non-hydrogen) atoms. The molecule has 3 N–H and O–H groups in total. The normalized spacial score (nSPS) is 17.5. The lowest BCUT2D eigenvalue weighted by atomic mass is 9.76. The molecule has 2 rings (SSSR count). The Kier molecular flexibility index (Phi) is 4.67. The average molecular weight is 327 g/mol. The van der Waals surface area contributed by atoms with Crippen LogP contribution in [-0.2, 0) is 10.0 Å². The maximum absolute atomic E-state index is 12.4. The van der Waals surface area contributed by atoms with Crippen LogP contribution >= 0.6 is 12.2 Å². The zero-order valence-corrected chi connectivity index (χ0v) is 13.9. The fraction of sp³-hybridized carbons (Fsp3) is 0.500. The summed E-state index contributed by atoms with van der Waals surface area (Å²) in [6.45, 7) is 0.416. The number of rotatable bonds is 6. The van der Waals surface area contributed by atoms with Gasteiger partial charge in [-0.25, -0.2) is 13.1 Å². The van der Waals surface area contributed by atoms with E-state index < -0.39 is 10.0 Å². The fourth-order valence-electron chi connectivity index (χ4n) is 2.50. The molecule has 1 aliphatic rings. The third-order valence-corrected chi connectivity index (χ3v) is 5.89. The Morgan fingerprint density at radius 2 is 2.10 bits per heavy atom. The molecule has 0 spiro atoms. The van der Waals surface area contributed by atoms with Gasteiger partial charge >= 0.3 is 0 Å². The van der Waals surface area contributed by atoms with Gasteiger partial charge in [-0.1, -0.05) is 24.4 Å². The van der Waals surface area contributed by atoms with Crippen LogP contribution in [0.3, 0.4) is 0 Å². The molecule has 1 aromatic carbocycles. The maximum atomic E-state index is 12.4. The first-order valence-electron chi connectivity index (χ1n) is 6.84. The lowest BCUT2D eigenvalue weighted by molar-refractivity contribution is 0.0657. The van der Waals surface area contributed by atoms with Crippen LogP contribution in [0.25, 0.3) is 0 Å². The molecule has 0 saturated heterocycles. The average Bonchev–Trinajstić information content (AvgIpc) is 2.37. The molecule has 5 nitrogen and oxygen atoms in total. The van der Waals surface area contributed by atoms with Crippen molar-refractivity contribution in [3.63, 3.8) is 0 Å². The first-order valence-corrected chi connectivity index (χ1v) is 8.73. The molecular formula is C14H21N3O2S2. The van der Waals surface area contributed by atoms with Crippen molar-refractivity contribution in [1.82, 2.24) is 9.62 Å². The van der Waals surface area contributed by atoms with Gasteiger partial charge in [-0.2, -0.15) is 0 Å². The van der Waals surface area contributed by atoms with Crippen molar-refractivity contribution in [1.29, 1.82) is 0 Å². The predicted molar refractivity (Wildman–Crippen MR) is 87.8 cm³/mol. The zero-order valence-electron chi connectivity index (χ0n) is 12.3. The monoisotopic (exact) mass is 327 g/mol. The van der Waals surface area contributed by atoms with Crippen LogP contribution in [0.4, 0.5) is 0 Å². The van der Waals surface area contributed by atoms with Gasteiger partial charge in [-0.05, 0) is 45.5 Å². The highest BCUT2D eigenvalue weighted by Crippen LogP contribution is 2.35. The number of nitrogens with two attached hydrogens (primary N) is 1. The molecule has 1 saturated carbocycles. The minimum atomic E-state index is -3.55. The van der Waals surface area contributed by atoms with Crippen LogP contribution in [0.15, 0.2) is 29.2 Å². The highest BCUT2D eigenvalue weighted by atomic mass is 32.2. The van der Waals surface area contributed by atoms with Crippen molar-refractivity contribution in [2.45, 2.75) is 29.7 Å². The largest absolute Gasteiger partial charge is 0.389 e. The van der Waals surface area contributed by atoms with Crippen molar-refractivity contribution in [2.75, 3.05) is 20.6 Å². The number of sulfonamides is 1. The summed E-state index contributed by atoms with van der Waals surface area (Å²) in [5.41, 5.74) is 6.04. The molecule has 116 valence electrons. The number of nitrogens with one attached hydrogen (secondary N) is 1. The molecule has 0 aromatic heterocycles. The molecule has 7 heteroatoms. The van der Waals surface area contributed by atoms with Crippen LogP contribution in [-0.4, -0.2) is 44.5 Å². The Morgan fingerprint density at radius 3 is 2.57 bits per heavy atom. The highest BCUT2D eigenvalue weighted by Gasteiger charge is 2.39. The van der Waals surface area contributed by atoms with E-state index in [2.05, 4.69) is 9.62 Å². The van der Waals surface area contributed by atoms with Crippen molar-refractivity contribution < 1.29 is 8.42 Å². The van der Waals surface area contributed by atoms with E-state index in [0.29, 0.717) is 12.1 Å². The second-order valence-electron chi connectivity index (χ2n) is 5.69. The molecular weight excluding hydrogens is 306 g/mol. The van der Waals surface area contributed by atoms with Crippen molar-refractivity contribution in [3.8, 4) is 0 Å². The summed E-state index contributed by atoms with van der Waals surface area (Å²) < 4.78 is 27.5.